The number of hydrogen-bond donors (Lipinski definition) is 0. The van der Waals surface area contributed by atoms with E-state index in [0.717, 1.165) is 37.4 Å². The third kappa shape index (κ3) is 6.45. The predicted molar refractivity (Wildman–Crippen MR) is 76.0 cm³/mol. The average molecular weight is 272 g/mol. The van der Waals surface area contributed by atoms with Crippen molar-refractivity contribution < 1.29 is 14.3 Å². The quantitative estimate of drug-likeness (QED) is 0.558. The summed E-state index contributed by atoms with van der Waals surface area (Å²) in [7, 11) is 0. The summed E-state index contributed by atoms with van der Waals surface area (Å²) in [5, 5.41) is -0.201. The van der Waals surface area contributed by atoms with Gasteiger partial charge in [0.05, 0.1) is 11.7 Å². The van der Waals surface area contributed by atoms with Gasteiger partial charge >= 0.3 is 5.30 Å². The molecule has 4 heteroatoms. The minimum atomic E-state index is -0.201. The molecule has 2 unspecified atom stereocenters. The molecule has 0 spiro atoms. The zero-order valence-electron chi connectivity index (χ0n) is 11.8. The van der Waals surface area contributed by atoms with Crippen molar-refractivity contribution in [1.82, 2.24) is 0 Å². The molecule has 0 heterocycles. The van der Waals surface area contributed by atoms with E-state index in [2.05, 4.69) is 26.8 Å². The molecule has 104 valence electrons. The monoisotopic (exact) mass is 272 g/mol. The molecule has 3 nitrogen and oxygen atoms in total. The molecule has 1 rings (SSSR count). The number of rotatable bonds is 2. The van der Waals surface area contributed by atoms with Crippen molar-refractivity contribution >= 4 is 17.1 Å². The third-order valence-electron chi connectivity index (χ3n) is 2.70. The Labute approximate surface area is 114 Å². The second-order valence-corrected chi connectivity index (χ2v) is 6.30. The summed E-state index contributed by atoms with van der Waals surface area (Å²) < 4.78 is 11.3. The van der Waals surface area contributed by atoms with Gasteiger partial charge in [0.1, 0.15) is 6.10 Å². The average Bonchev–Trinajstić information content (AvgIpc) is 2.22. The van der Waals surface area contributed by atoms with Gasteiger partial charge in [-0.15, -0.1) is 0 Å². The van der Waals surface area contributed by atoms with Gasteiger partial charge in [-0.25, -0.2) is 4.79 Å². The molecular formula is C14H24O3S. The van der Waals surface area contributed by atoms with E-state index in [9.17, 15) is 4.79 Å². The zero-order chi connectivity index (χ0) is 13.6. The maximum Gasteiger partial charge on any atom is 0.367 e. The van der Waals surface area contributed by atoms with Crippen LogP contribution in [0.3, 0.4) is 0 Å². The Morgan fingerprint density at radius 1 is 1.33 bits per heavy atom. The van der Waals surface area contributed by atoms with Crippen molar-refractivity contribution in [1.29, 1.82) is 0 Å². The van der Waals surface area contributed by atoms with Crippen molar-refractivity contribution in [3.63, 3.8) is 0 Å². The lowest BCUT2D eigenvalue weighted by Crippen LogP contribution is -2.28. The summed E-state index contributed by atoms with van der Waals surface area (Å²) in [5.74, 6) is 0. The molecular weight excluding hydrogens is 248 g/mol. The zero-order valence-corrected chi connectivity index (χ0v) is 12.6. The largest absolute Gasteiger partial charge is 0.450 e. The maximum atomic E-state index is 11.2. The Kier molecular flexibility index (Phi) is 6.22. The summed E-state index contributed by atoms with van der Waals surface area (Å²) in [6, 6.07) is 0. The van der Waals surface area contributed by atoms with Crippen molar-refractivity contribution in [2.45, 2.75) is 64.3 Å². The SMILES string of the molecule is CSC(=O)OC1/C=C/CC(OC(C)(C)C)CCC1. The highest BCUT2D eigenvalue weighted by atomic mass is 32.2. The molecule has 0 aromatic carbocycles. The molecule has 0 radical (unpaired) electrons. The maximum absolute atomic E-state index is 11.2. The number of ether oxygens (including phenoxy) is 2. The Balaban J connectivity index is 2.45. The van der Waals surface area contributed by atoms with Crippen molar-refractivity contribution in [3.8, 4) is 0 Å². The normalized spacial score (nSPS) is 27.1. The summed E-state index contributed by atoms with van der Waals surface area (Å²) in [4.78, 5) is 11.2. The van der Waals surface area contributed by atoms with Crippen LogP contribution in [0.25, 0.3) is 0 Å². The van der Waals surface area contributed by atoms with E-state index < -0.39 is 0 Å². The van der Waals surface area contributed by atoms with E-state index in [0.29, 0.717) is 0 Å². The van der Waals surface area contributed by atoms with Gasteiger partial charge in [-0.2, -0.15) is 0 Å². The van der Waals surface area contributed by atoms with Crippen LogP contribution >= 0.6 is 11.8 Å². The van der Waals surface area contributed by atoms with Gasteiger partial charge < -0.3 is 9.47 Å². The number of carbonyl (C=O) groups excluding carboxylic acids is 1. The first-order valence-corrected chi connectivity index (χ1v) is 7.72. The third-order valence-corrected chi connectivity index (χ3v) is 3.13. The summed E-state index contributed by atoms with van der Waals surface area (Å²) >= 11 is 1.12. The van der Waals surface area contributed by atoms with Crippen LogP contribution in [0, 0.1) is 0 Å². The smallest absolute Gasteiger partial charge is 0.367 e. The lowest BCUT2D eigenvalue weighted by atomic mass is 10.0. The molecule has 1 aliphatic rings. The number of carbonyl (C=O) groups is 1. The van der Waals surface area contributed by atoms with Gasteiger partial charge in [0, 0.05) is 0 Å². The van der Waals surface area contributed by atoms with Gasteiger partial charge in [-0.05, 0) is 70.5 Å². The van der Waals surface area contributed by atoms with E-state index in [1.54, 1.807) is 6.26 Å². The van der Waals surface area contributed by atoms with E-state index in [1.165, 1.54) is 0 Å². The lowest BCUT2D eigenvalue weighted by Gasteiger charge is -2.28. The Bertz CT molecular complexity index is 294. The van der Waals surface area contributed by atoms with Crippen LogP contribution in [0.2, 0.25) is 0 Å². The Morgan fingerprint density at radius 2 is 2.06 bits per heavy atom. The molecule has 0 bridgehead atoms. The fourth-order valence-electron chi connectivity index (χ4n) is 2.02. The first-order valence-electron chi connectivity index (χ1n) is 6.50. The second-order valence-electron chi connectivity index (χ2n) is 5.56. The molecule has 18 heavy (non-hydrogen) atoms. The van der Waals surface area contributed by atoms with Crippen LogP contribution < -0.4 is 0 Å². The van der Waals surface area contributed by atoms with Gasteiger partial charge in [0.25, 0.3) is 0 Å². The summed E-state index contributed by atoms with van der Waals surface area (Å²) in [5.41, 5.74) is -0.0948. The predicted octanol–water partition coefficient (Wildman–Crippen LogP) is 4.17. The van der Waals surface area contributed by atoms with Crippen LogP contribution in [0.5, 0.6) is 0 Å². The Morgan fingerprint density at radius 3 is 2.67 bits per heavy atom. The van der Waals surface area contributed by atoms with Crippen LogP contribution in [0.1, 0.15) is 46.5 Å². The second kappa shape index (κ2) is 7.19. The highest BCUT2D eigenvalue weighted by Gasteiger charge is 2.20. The van der Waals surface area contributed by atoms with Gasteiger partial charge in [-0.1, -0.05) is 6.08 Å². The van der Waals surface area contributed by atoms with Gasteiger partial charge in [-0.3, -0.25) is 0 Å². The van der Waals surface area contributed by atoms with E-state index in [1.807, 2.05) is 6.08 Å². The standard InChI is InChI=1S/C14H24O3S/c1-14(2,3)17-12-9-5-7-11(8-6-10-12)16-13(15)18-4/h5,7,11-12H,6,8-10H2,1-4H3/b7-5+. The lowest BCUT2D eigenvalue weighted by molar-refractivity contribution is -0.0632. The van der Waals surface area contributed by atoms with Crippen LogP contribution in [-0.4, -0.2) is 29.4 Å². The number of thioether (sulfide) groups is 1. The van der Waals surface area contributed by atoms with E-state index in [-0.39, 0.29) is 23.1 Å². The van der Waals surface area contributed by atoms with Crippen molar-refractivity contribution in [2.75, 3.05) is 6.26 Å². The first-order chi connectivity index (χ1) is 8.40. The van der Waals surface area contributed by atoms with Crippen LogP contribution in [0.4, 0.5) is 4.79 Å². The molecule has 0 aromatic heterocycles. The first kappa shape index (κ1) is 15.6. The number of hydrogen-bond acceptors (Lipinski definition) is 4. The van der Waals surface area contributed by atoms with Gasteiger partial charge in [0.2, 0.25) is 0 Å². The molecule has 2 atom stereocenters. The molecule has 0 aromatic rings. The molecule has 0 N–H and O–H groups in total. The molecule has 0 fully saturated rings. The highest BCUT2D eigenvalue weighted by molar-refractivity contribution is 8.12. The summed E-state index contributed by atoms with van der Waals surface area (Å²) in [6.45, 7) is 6.25. The van der Waals surface area contributed by atoms with Gasteiger partial charge in [0.15, 0.2) is 0 Å². The molecule has 0 saturated carbocycles. The molecule has 1 aliphatic carbocycles. The van der Waals surface area contributed by atoms with Crippen LogP contribution in [-0.2, 0) is 9.47 Å². The van der Waals surface area contributed by atoms with E-state index in [4.69, 9.17) is 9.47 Å². The van der Waals surface area contributed by atoms with E-state index >= 15 is 0 Å². The van der Waals surface area contributed by atoms with Crippen molar-refractivity contribution in [3.05, 3.63) is 12.2 Å². The Hall–Kier alpha value is -0.480. The molecule has 0 saturated heterocycles. The highest BCUT2D eigenvalue weighted by Crippen LogP contribution is 2.22. The fraction of sp³-hybridized carbons (Fsp3) is 0.786. The minimum Gasteiger partial charge on any atom is -0.450 e. The summed E-state index contributed by atoms with van der Waals surface area (Å²) in [6.07, 6.45) is 9.84. The molecule has 0 amide bonds. The topological polar surface area (TPSA) is 35.5 Å². The van der Waals surface area contributed by atoms with Crippen molar-refractivity contribution in [2.24, 2.45) is 0 Å². The fourth-order valence-corrected chi connectivity index (χ4v) is 2.24. The minimum absolute atomic E-state index is 0.0689. The molecule has 0 aliphatic heterocycles. The van der Waals surface area contributed by atoms with Crippen LogP contribution in [0.15, 0.2) is 12.2 Å².